The van der Waals surface area contributed by atoms with Crippen LogP contribution in [0.5, 0.6) is 5.75 Å². The van der Waals surface area contributed by atoms with E-state index >= 15 is 4.39 Å². The van der Waals surface area contributed by atoms with E-state index in [1.54, 1.807) is 32.9 Å². The van der Waals surface area contributed by atoms with Crippen LogP contribution >= 0.6 is 0 Å². The molecule has 1 aliphatic carbocycles. The molecule has 8 rings (SSSR count). The van der Waals surface area contributed by atoms with Crippen molar-refractivity contribution in [3.05, 3.63) is 95.1 Å². The Hall–Kier alpha value is -5.59. The lowest BCUT2D eigenvalue weighted by Gasteiger charge is -2.35. The molecule has 1 saturated heterocycles. The Bertz CT molecular complexity index is 2150. The van der Waals surface area contributed by atoms with E-state index in [4.69, 9.17) is 4.74 Å². The number of H-pyrrole nitrogens is 1. The normalized spacial score (nSPS) is 16.1. The maximum Gasteiger partial charge on any atom is 0.270 e. The van der Waals surface area contributed by atoms with Gasteiger partial charge in [-0.1, -0.05) is 29.5 Å². The van der Waals surface area contributed by atoms with E-state index in [0.717, 1.165) is 42.2 Å². The van der Waals surface area contributed by atoms with E-state index in [1.807, 2.05) is 23.1 Å². The van der Waals surface area contributed by atoms with Crippen molar-refractivity contribution in [2.24, 2.45) is 0 Å². The van der Waals surface area contributed by atoms with E-state index < -0.39 is 11.6 Å². The zero-order valence-corrected chi connectivity index (χ0v) is 28.4. The Labute approximate surface area is 293 Å². The standard InChI is InChI=1S/C38H38F2N8O3/c1-51-33-19-26(39)22-41-37(33)45-15-17-46(18-16-45)38(50)32-21-31-30(28-9-3-6-24-5-2-8-27(24)28)20-29(35(40)36(31)43-32)25-7-4-12-47(23-25)34(49)10-13-48-14-11-42-44-48/h3,6-7,9,11,14,19-22,43H,2,4-5,8,10,12-13,15-18,23H2,1H3. The average Bonchev–Trinajstić information content (AvgIpc) is 3.96. The van der Waals surface area contributed by atoms with Gasteiger partial charge in [0.1, 0.15) is 11.5 Å². The molecule has 1 fully saturated rings. The summed E-state index contributed by atoms with van der Waals surface area (Å²) in [5.41, 5.74) is 6.22. The van der Waals surface area contributed by atoms with Crippen LogP contribution in [0.25, 0.3) is 27.6 Å². The number of aryl methyl sites for hydroxylation is 2. The van der Waals surface area contributed by atoms with Crippen LogP contribution in [-0.2, 0) is 24.2 Å². The number of carbonyl (C=O) groups is 2. The van der Waals surface area contributed by atoms with Crippen LogP contribution in [0.2, 0.25) is 0 Å². The van der Waals surface area contributed by atoms with Crippen molar-refractivity contribution in [1.82, 2.24) is 34.8 Å². The highest BCUT2D eigenvalue weighted by Gasteiger charge is 2.29. The number of halogens is 2. The lowest BCUT2D eigenvalue weighted by Crippen LogP contribution is -2.49. The molecule has 0 saturated carbocycles. The number of nitrogens with zero attached hydrogens (tertiary/aromatic N) is 7. The van der Waals surface area contributed by atoms with Gasteiger partial charge in [-0.15, -0.1) is 5.10 Å². The molecule has 5 aromatic rings. The van der Waals surface area contributed by atoms with Crippen molar-refractivity contribution in [2.75, 3.05) is 51.3 Å². The van der Waals surface area contributed by atoms with E-state index in [2.05, 4.69) is 32.4 Å². The van der Waals surface area contributed by atoms with Gasteiger partial charge in [0.2, 0.25) is 5.91 Å². The molecule has 13 heteroatoms. The maximum absolute atomic E-state index is 16.8. The summed E-state index contributed by atoms with van der Waals surface area (Å²) in [7, 11) is 1.47. The van der Waals surface area contributed by atoms with E-state index in [1.165, 1.54) is 24.3 Å². The highest BCUT2D eigenvalue weighted by atomic mass is 19.1. The van der Waals surface area contributed by atoms with Gasteiger partial charge in [-0.25, -0.2) is 13.8 Å². The number of piperazine rings is 1. The number of hydrogen-bond acceptors (Lipinski definition) is 7. The number of hydrogen-bond donors (Lipinski definition) is 1. The molecule has 0 radical (unpaired) electrons. The van der Waals surface area contributed by atoms with Gasteiger partial charge in [-0.3, -0.25) is 14.3 Å². The third-order valence-corrected chi connectivity index (χ3v) is 10.3. The van der Waals surface area contributed by atoms with Crippen LogP contribution in [0, 0.1) is 11.6 Å². The second-order valence-corrected chi connectivity index (χ2v) is 13.3. The van der Waals surface area contributed by atoms with Crippen molar-refractivity contribution < 1.29 is 23.1 Å². The molecule has 0 atom stereocenters. The van der Waals surface area contributed by atoms with Crippen LogP contribution in [0.3, 0.4) is 0 Å². The summed E-state index contributed by atoms with van der Waals surface area (Å²) in [6.45, 7) is 3.01. The van der Waals surface area contributed by atoms with Crippen molar-refractivity contribution >= 4 is 34.1 Å². The molecule has 2 aromatic carbocycles. The first-order chi connectivity index (χ1) is 24.9. The fraction of sp³-hybridized carbons (Fsp3) is 0.342. The Morgan fingerprint density at radius 3 is 2.65 bits per heavy atom. The molecular weight excluding hydrogens is 654 g/mol. The minimum absolute atomic E-state index is 0.0276. The molecule has 3 aromatic heterocycles. The van der Waals surface area contributed by atoms with Gasteiger partial charge in [0.25, 0.3) is 5.91 Å². The van der Waals surface area contributed by atoms with Crippen LogP contribution < -0.4 is 9.64 Å². The van der Waals surface area contributed by atoms with Crippen molar-refractivity contribution in [3.8, 4) is 16.9 Å². The topological polar surface area (TPSA) is 112 Å². The van der Waals surface area contributed by atoms with Gasteiger partial charge >= 0.3 is 0 Å². The zero-order valence-electron chi connectivity index (χ0n) is 28.4. The minimum Gasteiger partial charge on any atom is -0.493 e. The fourth-order valence-electron chi connectivity index (χ4n) is 7.67. The van der Waals surface area contributed by atoms with Crippen LogP contribution in [-0.4, -0.2) is 93.0 Å². The molecular formula is C38H38F2N8O3. The van der Waals surface area contributed by atoms with Crippen molar-refractivity contribution in [2.45, 2.75) is 38.6 Å². The molecule has 262 valence electrons. The van der Waals surface area contributed by atoms with E-state index in [9.17, 15) is 14.0 Å². The number of aromatic amines is 1. The minimum atomic E-state index is -0.483. The Kier molecular flexibility index (Phi) is 8.70. The molecule has 2 amide bonds. The number of rotatable bonds is 8. The summed E-state index contributed by atoms with van der Waals surface area (Å²) in [6.07, 6.45) is 10.3. The summed E-state index contributed by atoms with van der Waals surface area (Å²) in [6, 6.07) is 11.3. The van der Waals surface area contributed by atoms with Crippen LogP contribution in [0.15, 0.2) is 61.1 Å². The summed E-state index contributed by atoms with van der Waals surface area (Å²) in [5.74, 6) is -0.315. The number of nitrogens with one attached hydrogen (secondary N) is 1. The molecule has 0 bridgehead atoms. The average molecular weight is 693 g/mol. The Balaban J connectivity index is 1.10. The van der Waals surface area contributed by atoms with Gasteiger partial charge in [0, 0.05) is 68.9 Å². The SMILES string of the molecule is COc1cc(F)cnc1N1CCN(C(=O)c2cc3c(-c4cccc5c4CCC5)cc(C4=CCCN(C(=O)CCn5ccnn5)C4)c(F)c3[nH]2)CC1. The van der Waals surface area contributed by atoms with Gasteiger partial charge in [0.15, 0.2) is 17.4 Å². The number of carbonyl (C=O) groups excluding carboxylic acids is 2. The maximum atomic E-state index is 16.8. The van der Waals surface area contributed by atoms with E-state index in [0.29, 0.717) is 73.9 Å². The predicted molar refractivity (Wildman–Crippen MR) is 188 cm³/mol. The zero-order chi connectivity index (χ0) is 35.1. The van der Waals surface area contributed by atoms with E-state index in [-0.39, 0.29) is 30.3 Å². The lowest BCUT2D eigenvalue weighted by molar-refractivity contribution is -0.131. The lowest BCUT2D eigenvalue weighted by atomic mass is 9.90. The first kappa shape index (κ1) is 32.6. The van der Waals surface area contributed by atoms with Crippen LogP contribution in [0.1, 0.15) is 46.4 Å². The van der Waals surface area contributed by atoms with Gasteiger partial charge in [-0.05, 0) is 65.6 Å². The second kappa shape index (κ2) is 13.6. The molecule has 11 nitrogen and oxygen atoms in total. The largest absolute Gasteiger partial charge is 0.493 e. The molecule has 3 aliphatic rings. The number of pyridine rings is 1. The quantitative estimate of drug-likeness (QED) is 0.236. The predicted octanol–water partition coefficient (Wildman–Crippen LogP) is 5.27. The molecule has 1 N–H and O–H groups in total. The number of anilines is 1. The first-order valence-electron chi connectivity index (χ1n) is 17.4. The summed E-state index contributed by atoms with van der Waals surface area (Å²) in [4.78, 5) is 40.1. The monoisotopic (exact) mass is 692 g/mol. The highest BCUT2D eigenvalue weighted by Crippen LogP contribution is 2.40. The van der Waals surface area contributed by atoms with Crippen LogP contribution in [0.4, 0.5) is 14.6 Å². The molecule has 2 aliphatic heterocycles. The number of amides is 2. The summed E-state index contributed by atoms with van der Waals surface area (Å²) in [5, 5.41) is 8.41. The number of ether oxygens (including phenoxy) is 1. The third kappa shape index (κ3) is 6.21. The van der Waals surface area contributed by atoms with Gasteiger partial charge in [0.05, 0.1) is 31.6 Å². The van der Waals surface area contributed by atoms with Crippen molar-refractivity contribution in [3.63, 3.8) is 0 Å². The second-order valence-electron chi connectivity index (χ2n) is 13.3. The molecule has 0 spiro atoms. The Morgan fingerprint density at radius 2 is 1.84 bits per heavy atom. The number of aromatic nitrogens is 5. The Morgan fingerprint density at radius 1 is 0.980 bits per heavy atom. The highest BCUT2D eigenvalue weighted by molar-refractivity contribution is 6.05. The van der Waals surface area contributed by atoms with Gasteiger partial charge < -0.3 is 24.4 Å². The third-order valence-electron chi connectivity index (χ3n) is 10.3. The molecule has 5 heterocycles. The van der Waals surface area contributed by atoms with Gasteiger partial charge in [-0.2, -0.15) is 0 Å². The van der Waals surface area contributed by atoms with Crippen molar-refractivity contribution in [1.29, 1.82) is 0 Å². The molecule has 0 unspecified atom stereocenters. The summed E-state index contributed by atoms with van der Waals surface area (Å²) >= 11 is 0. The number of fused-ring (bicyclic) bond motifs is 2. The first-order valence-corrected chi connectivity index (χ1v) is 17.4. The number of benzene rings is 2. The number of methoxy groups -OCH3 is 1. The fourth-order valence-corrected chi connectivity index (χ4v) is 7.67. The smallest absolute Gasteiger partial charge is 0.270 e. The molecule has 51 heavy (non-hydrogen) atoms. The summed E-state index contributed by atoms with van der Waals surface area (Å²) < 4.78 is 37.5.